The summed E-state index contributed by atoms with van der Waals surface area (Å²) in [6, 6.07) is 8.08. The second-order valence-corrected chi connectivity index (χ2v) is 14.2. The molecule has 1 aromatic carbocycles. The number of nitrogens with zero attached hydrogens (tertiary/aromatic N) is 2. The molecule has 0 aliphatic heterocycles. The van der Waals surface area contributed by atoms with Crippen LogP contribution in [0.3, 0.4) is 0 Å². The van der Waals surface area contributed by atoms with Gasteiger partial charge in [0.2, 0.25) is 5.91 Å². The number of carbonyl (C=O) groups is 1. The minimum Gasteiger partial charge on any atom is -0.393 e. The van der Waals surface area contributed by atoms with Crippen molar-refractivity contribution in [3.8, 4) is 0 Å². The average Bonchev–Trinajstić information content (AvgIpc) is 3.26. The maximum atomic E-state index is 12.6. The summed E-state index contributed by atoms with van der Waals surface area (Å²) in [5, 5.41) is 26.0. The van der Waals surface area contributed by atoms with E-state index in [1.165, 1.54) is 25.7 Å². The Hall–Kier alpha value is -1.92. The number of hydrogen-bond acceptors (Lipinski definition) is 5. The van der Waals surface area contributed by atoms with Crippen molar-refractivity contribution < 1.29 is 15.0 Å². The zero-order valence-corrected chi connectivity index (χ0v) is 24.8. The van der Waals surface area contributed by atoms with E-state index >= 15 is 0 Å². The van der Waals surface area contributed by atoms with Gasteiger partial charge in [0.25, 0.3) is 0 Å². The summed E-state index contributed by atoms with van der Waals surface area (Å²) in [6.45, 7) is 7.31. The van der Waals surface area contributed by atoms with Crippen LogP contribution in [0.1, 0.15) is 90.5 Å². The maximum Gasteiger partial charge on any atom is 0.240 e. The molecule has 3 N–H and O–H groups in total. The fourth-order valence-electron chi connectivity index (χ4n) is 9.83. The van der Waals surface area contributed by atoms with Crippen molar-refractivity contribution >= 4 is 17.8 Å². The molecular weight excluding hydrogens is 486 g/mol. The number of amides is 1. The molecule has 5 rings (SSSR count). The number of fused-ring (bicyclic) bond motifs is 5. The monoisotopic (exact) mass is 537 g/mol. The third kappa shape index (κ3) is 5.40. The van der Waals surface area contributed by atoms with Gasteiger partial charge in [-0.25, -0.2) is 5.43 Å². The number of hydrogen-bond donors (Lipinski definition) is 3. The molecule has 6 heteroatoms. The Morgan fingerprint density at radius 3 is 2.46 bits per heavy atom. The lowest BCUT2D eigenvalue weighted by Crippen LogP contribution is -2.58. The van der Waals surface area contributed by atoms with Crippen LogP contribution in [-0.2, 0) is 4.79 Å². The largest absolute Gasteiger partial charge is 0.393 e. The molecule has 39 heavy (non-hydrogen) atoms. The van der Waals surface area contributed by atoms with E-state index in [-0.39, 0.29) is 28.9 Å². The van der Waals surface area contributed by atoms with Gasteiger partial charge in [0, 0.05) is 26.2 Å². The first-order chi connectivity index (χ1) is 18.5. The van der Waals surface area contributed by atoms with Crippen molar-refractivity contribution in [2.75, 3.05) is 19.0 Å². The lowest BCUT2D eigenvalue weighted by molar-refractivity contribution is -0.174. The first-order valence-electron chi connectivity index (χ1n) is 15.5. The fraction of sp³-hybridized carbons (Fsp3) is 0.758. The number of benzene rings is 1. The van der Waals surface area contributed by atoms with Gasteiger partial charge >= 0.3 is 0 Å². The average molecular weight is 538 g/mol. The van der Waals surface area contributed by atoms with Crippen LogP contribution in [0.2, 0.25) is 0 Å². The molecule has 0 saturated heterocycles. The molecule has 1 amide bonds. The minimum atomic E-state index is -0.236. The number of aliphatic hydroxyl groups is 2. The predicted molar refractivity (Wildman–Crippen MR) is 158 cm³/mol. The van der Waals surface area contributed by atoms with E-state index in [0.29, 0.717) is 41.9 Å². The summed E-state index contributed by atoms with van der Waals surface area (Å²) in [6.07, 6.45) is 11.2. The van der Waals surface area contributed by atoms with Gasteiger partial charge in [-0.1, -0.05) is 32.9 Å². The SMILES string of the molecule is CC(CCC(=O)NN=Cc1ccc(N(C)C)cc1)C1CCC2C3C(O)CC4CC(O)CCC4(C)C3CCC12C. The molecular formula is C33H51N3O3. The van der Waals surface area contributed by atoms with E-state index < -0.39 is 0 Å². The molecule has 0 radical (unpaired) electrons. The Labute approximate surface area is 235 Å². The van der Waals surface area contributed by atoms with Crippen molar-refractivity contribution in [3.05, 3.63) is 29.8 Å². The van der Waals surface area contributed by atoms with Crippen LogP contribution in [0.25, 0.3) is 0 Å². The Bertz CT molecular complexity index is 1040. The third-order valence-electron chi connectivity index (χ3n) is 12.1. The smallest absolute Gasteiger partial charge is 0.240 e. The lowest BCUT2D eigenvalue weighted by Gasteiger charge is -2.62. The summed E-state index contributed by atoms with van der Waals surface area (Å²) in [4.78, 5) is 14.7. The molecule has 0 aromatic heterocycles. The third-order valence-corrected chi connectivity index (χ3v) is 12.1. The second kappa shape index (κ2) is 11.2. The van der Waals surface area contributed by atoms with Gasteiger partial charge in [-0.2, -0.15) is 5.10 Å². The Balaban J connectivity index is 1.16. The van der Waals surface area contributed by atoms with Crippen LogP contribution in [0.15, 0.2) is 29.4 Å². The minimum absolute atomic E-state index is 0.0208. The van der Waals surface area contributed by atoms with Crippen LogP contribution >= 0.6 is 0 Å². The van der Waals surface area contributed by atoms with E-state index in [1.54, 1.807) is 6.21 Å². The predicted octanol–water partition coefficient (Wildman–Crippen LogP) is 5.61. The van der Waals surface area contributed by atoms with E-state index in [2.05, 4.69) is 36.2 Å². The zero-order valence-electron chi connectivity index (χ0n) is 24.8. The number of carbonyl (C=O) groups excluding carboxylic acids is 1. The van der Waals surface area contributed by atoms with Crippen molar-refractivity contribution in [2.45, 2.75) is 97.2 Å². The molecule has 0 heterocycles. The summed E-state index contributed by atoms with van der Waals surface area (Å²) < 4.78 is 0. The molecule has 10 atom stereocenters. The van der Waals surface area contributed by atoms with Crippen LogP contribution < -0.4 is 10.3 Å². The summed E-state index contributed by atoms with van der Waals surface area (Å²) in [5.41, 5.74) is 5.33. The van der Waals surface area contributed by atoms with Crippen LogP contribution in [0, 0.1) is 46.3 Å². The topological polar surface area (TPSA) is 85.2 Å². The van der Waals surface area contributed by atoms with E-state index in [4.69, 9.17) is 0 Å². The fourth-order valence-corrected chi connectivity index (χ4v) is 9.83. The highest BCUT2D eigenvalue weighted by Gasteiger charge is 2.62. The Morgan fingerprint density at radius 1 is 1.05 bits per heavy atom. The van der Waals surface area contributed by atoms with E-state index in [9.17, 15) is 15.0 Å². The maximum absolute atomic E-state index is 12.6. The number of aliphatic hydroxyl groups excluding tert-OH is 2. The van der Waals surface area contributed by atoms with Gasteiger partial charge < -0.3 is 15.1 Å². The molecule has 10 unspecified atom stereocenters. The lowest BCUT2D eigenvalue weighted by atomic mass is 9.43. The molecule has 4 saturated carbocycles. The molecule has 4 aliphatic rings. The zero-order chi connectivity index (χ0) is 27.9. The quantitative estimate of drug-likeness (QED) is 0.312. The number of rotatable bonds is 7. The van der Waals surface area contributed by atoms with Crippen LogP contribution in [0.4, 0.5) is 5.69 Å². The van der Waals surface area contributed by atoms with Gasteiger partial charge in [0.1, 0.15) is 0 Å². The van der Waals surface area contributed by atoms with Crippen molar-refractivity contribution in [1.82, 2.24) is 5.43 Å². The standard InChI is InChI=1S/C33H51N3O3/c1-21(6-13-30(39)35-34-20-22-7-9-24(10-8-22)36(4)5)26-11-12-27-31-28(15-17-33(26,27)3)32(2)16-14-25(37)18-23(32)19-29(31)38/h7-10,20-21,23,25-29,31,37-38H,6,11-19H2,1-5H3,(H,35,39). The summed E-state index contributed by atoms with van der Waals surface area (Å²) in [7, 11) is 4.03. The highest BCUT2D eigenvalue weighted by molar-refractivity contribution is 5.82. The molecule has 216 valence electrons. The first kappa shape index (κ1) is 28.6. The van der Waals surface area contributed by atoms with E-state index in [0.717, 1.165) is 43.4 Å². The molecule has 0 spiro atoms. The molecule has 0 bridgehead atoms. The van der Waals surface area contributed by atoms with E-state index in [1.807, 2.05) is 38.4 Å². The number of anilines is 1. The summed E-state index contributed by atoms with van der Waals surface area (Å²) >= 11 is 0. The second-order valence-electron chi connectivity index (χ2n) is 14.2. The van der Waals surface area contributed by atoms with Crippen molar-refractivity contribution in [1.29, 1.82) is 0 Å². The van der Waals surface area contributed by atoms with Gasteiger partial charge in [0.05, 0.1) is 18.4 Å². The highest BCUT2D eigenvalue weighted by atomic mass is 16.3. The van der Waals surface area contributed by atoms with Gasteiger partial charge in [0.15, 0.2) is 0 Å². The molecule has 1 aromatic rings. The molecule has 4 aliphatic carbocycles. The first-order valence-corrected chi connectivity index (χ1v) is 15.5. The molecule has 4 fully saturated rings. The molecule has 6 nitrogen and oxygen atoms in total. The Morgan fingerprint density at radius 2 is 1.74 bits per heavy atom. The van der Waals surface area contributed by atoms with Crippen molar-refractivity contribution in [2.24, 2.45) is 51.4 Å². The number of hydrazone groups is 1. The number of nitrogens with one attached hydrogen (secondary N) is 1. The van der Waals surface area contributed by atoms with Gasteiger partial charge in [-0.05, 0) is 122 Å². The van der Waals surface area contributed by atoms with Crippen LogP contribution in [0.5, 0.6) is 0 Å². The Kier molecular flexibility index (Phi) is 8.18. The van der Waals surface area contributed by atoms with Crippen LogP contribution in [-0.4, -0.2) is 48.6 Å². The highest BCUT2D eigenvalue weighted by Crippen LogP contribution is 2.68. The normalized spacial score (nSPS) is 40.4. The summed E-state index contributed by atoms with van der Waals surface area (Å²) in [5.74, 6) is 3.04. The van der Waals surface area contributed by atoms with Crippen molar-refractivity contribution in [3.63, 3.8) is 0 Å². The van der Waals surface area contributed by atoms with Gasteiger partial charge in [-0.15, -0.1) is 0 Å². The van der Waals surface area contributed by atoms with Gasteiger partial charge in [-0.3, -0.25) is 4.79 Å².